The van der Waals surface area contributed by atoms with Gasteiger partial charge >= 0.3 is 0 Å². The lowest BCUT2D eigenvalue weighted by molar-refractivity contribution is 0.0938. The highest BCUT2D eigenvalue weighted by molar-refractivity contribution is 5.94. The standard InChI is InChI=1S/C19H22N2O3/c1-3-24-15-8-4-6-13(10-15)12(2)20-18(22)16-11-14-7-5-9-17(14)21-19(16)23/h4,6,8,10-12H,3,5,7,9H2,1-2H3,(H,20,22)(H,21,23)/t12-/m0/s1. The maximum absolute atomic E-state index is 12.5. The fraction of sp³-hybridized carbons (Fsp3) is 0.368. The SMILES string of the molecule is CCOc1cccc([C@H](C)NC(=O)c2cc3c([nH]c2=O)CCC3)c1. The van der Waals surface area contributed by atoms with Crippen molar-refractivity contribution in [1.29, 1.82) is 0 Å². The number of amides is 1. The summed E-state index contributed by atoms with van der Waals surface area (Å²) in [7, 11) is 0. The van der Waals surface area contributed by atoms with E-state index in [0.717, 1.165) is 41.8 Å². The average Bonchev–Trinajstić information content (AvgIpc) is 3.01. The van der Waals surface area contributed by atoms with E-state index in [4.69, 9.17) is 4.74 Å². The van der Waals surface area contributed by atoms with Crippen molar-refractivity contribution in [2.24, 2.45) is 0 Å². The van der Waals surface area contributed by atoms with Crippen LogP contribution in [0.5, 0.6) is 5.75 Å². The third kappa shape index (κ3) is 3.35. The van der Waals surface area contributed by atoms with Gasteiger partial charge in [-0.3, -0.25) is 9.59 Å². The Hall–Kier alpha value is -2.56. The van der Waals surface area contributed by atoms with Gasteiger partial charge in [0.1, 0.15) is 11.3 Å². The number of H-pyrrole nitrogens is 1. The number of carbonyl (C=O) groups is 1. The minimum Gasteiger partial charge on any atom is -0.494 e. The minimum absolute atomic E-state index is 0.184. The van der Waals surface area contributed by atoms with E-state index in [9.17, 15) is 9.59 Å². The summed E-state index contributed by atoms with van der Waals surface area (Å²) in [6, 6.07) is 9.13. The zero-order valence-electron chi connectivity index (χ0n) is 14.0. The van der Waals surface area contributed by atoms with Crippen molar-refractivity contribution in [2.75, 3.05) is 6.61 Å². The molecule has 2 aromatic rings. The molecule has 1 aromatic carbocycles. The fourth-order valence-corrected chi connectivity index (χ4v) is 3.08. The number of hydrogen-bond acceptors (Lipinski definition) is 3. The van der Waals surface area contributed by atoms with Gasteiger partial charge in [0.2, 0.25) is 0 Å². The first-order valence-corrected chi connectivity index (χ1v) is 8.37. The Morgan fingerprint density at radius 3 is 2.96 bits per heavy atom. The monoisotopic (exact) mass is 326 g/mol. The van der Waals surface area contributed by atoms with Crippen LogP contribution in [0.4, 0.5) is 0 Å². The third-order valence-corrected chi connectivity index (χ3v) is 4.35. The van der Waals surface area contributed by atoms with E-state index in [1.165, 1.54) is 0 Å². The van der Waals surface area contributed by atoms with Gasteiger partial charge in [-0.05, 0) is 62.4 Å². The van der Waals surface area contributed by atoms with Gasteiger partial charge in [-0.15, -0.1) is 0 Å². The zero-order chi connectivity index (χ0) is 17.1. The number of nitrogens with one attached hydrogen (secondary N) is 2. The summed E-state index contributed by atoms with van der Waals surface area (Å²) in [5.41, 5.74) is 2.85. The predicted octanol–water partition coefficient (Wildman–Crippen LogP) is 2.75. The van der Waals surface area contributed by atoms with Crippen molar-refractivity contribution >= 4 is 5.91 Å². The molecule has 1 aliphatic rings. The van der Waals surface area contributed by atoms with E-state index in [1.807, 2.05) is 38.1 Å². The molecule has 24 heavy (non-hydrogen) atoms. The average molecular weight is 326 g/mol. The number of ether oxygens (including phenoxy) is 1. The molecule has 0 bridgehead atoms. The van der Waals surface area contributed by atoms with Gasteiger partial charge in [-0.25, -0.2) is 0 Å². The van der Waals surface area contributed by atoms with E-state index in [2.05, 4.69) is 10.3 Å². The highest BCUT2D eigenvalue weighted by atomic mass is 16.5. The highest BCUT2D eigenvalue weighted by Crippen LogP contribution is 2.21. The van der Waals surface area contributed by atoms with E-state index in [0.29, 0.717) is 6.61 Å². The number of carbonyl (C=O) groups excluding carboxylic acids is 1. The molecule has 0 saturated carbocycles. The number of pyridine rings is 1. The lowest BCUT2D eigenvalue weighted by atomic mass is 10.1. The second kappa shape index (κ2) is 6.91. The van der Waals surface area contributed by atoms with Crippen LogP contribution in [0.25, 0.3) is 0 Å². The summed E-state index contributed by atoms with van der Waals surface area (Å²) < 4.78 is 5.49. The molecule has 126 valence electrons. The number of hydrogen-bond donors (Lipinski definition) is 2. The fourth-order valence-electron chi connectivity index (χ4n) is 3.08. The first kappa shape index (κ1) is 16.3. The molecule has 0 fully saturated rings. The molecule has 5 nitrogen and oxygen atoms in total. The topological polar surface area (TPSA) is 71.2 Å². The third-order valence-electron chi connectivity index (χ3n) is 4.35. The van der Waals surface area contributed by atoms with Gasteiger partial charge in [0.15, 0.2) is 0 Å². The lowest BCUT2D eigenvalue weighted by Gasteiger charge is -2.15. The minimum atomic E-state index is -0.347. The van der Waals surface area contributed by atoms with Crippen LogP contribution in [0, 0.1) is 0 Å². The number of fused-ring (bicyclic) bond motifs is 1. The first-order chi connectivity index (χ1) is 11.6. The second-order valence-electron chi connectivity index (χ2n) is 6.07. The van der Waals surface area contributed by atoms with E-state index in [1.54, 1.807) is 6.07 Å². The molecule has 3 rings (SSSR count). The Balaban J connectivity index is 1.77. The number of rotatable bonds is 5. The Bertz CT molecular complexity index is 810. The summed E-state index contributed by atoms with van der Waals surface area (Å²) in [6.45, 7) is 4.41. The summed E-state index contributed by atoms with van der Waals surface area (Å²) >= 11 is 0. The molecule has 1 atom stereocenters. The quantitative estimate of drug-likeness (QED) is 0.887. The number of aromatic nitrogens is 1. The van der Waals surface area contributed by atoms with Crippen LogP contribution in [0.1, 0.15) is 53.5 Å². The Labute approximate surface area is 141 Å². The molecule has 1 aromatic heterocycles. The predicted molar refractivity (Wildman–Crippen MR) is 92.6 cm³/mol. The molecule has 2 N–H and O–H groups in total. The van der Waals surface area contributed by atoms with Gasteiger partial charge in [0, 0.05) is 5.69 Å². The van der Waals surface area contributed by atoms with Gasteiger partial charge in [-0.1, -0.05) is 12.1 Å². The highest BCUT2D eigenvalue weighted by Gasteiger charge is 2.19. The van der Waals surface area contributed by atoms with Crippen LogP contribution in [0.3, 0.4) is 0 Å². The van der Waals surface area contributed by atoms with Crippen LogP contribution in [-0.4, -0.2) is 17.5 Å². The second-order valence-corrected chi connectivity index (χ2v) is 6.07. The lowest BCUT2D eigenvalue weighted by Crippen LogP contribution is -2.32. The van der Waals surface area contributed by atoms with Crippen LogP contribution < -0.4 is 15.6 Å². The van der Waals surface area contributed by atoms with Crippen molar-refractivity contribution < 1.29 is 9.53 Å². The smallest absolute Gasteiger partial charge is 0.261 e. The molecule has 0 saturated heterocycles. The molecule has 0 aliphatic heterocycles. The summed E-state index contributed by atoms with van der Waals surface area (Å²) in [5, 5.41) is 2.90. The number of benzene rings is 1. The van der Waals surface area contributed by atoms with Crippen LogP contribution in [0.2, 0.25) is 0 Å². The Morgan fingerprint density at radius 1 is 1.33 bits per heavy atom. The van der Waals surface area contributed by atoms with Crippen molar-refractivity contribution in [3.8, 4) is 5.75 Å². The normalized spacial score (nSPS) is 14.1. The summed E-state index contributed by atoms with van der Waals surface area (Å²) in [5.74, 6) is 0.423. The molecule has 0 radical (unpaired) electrons. The van der Waals surface area contributed by atoms with Gasteiger partial charge in [-0.2, -0.15) is 0 Å². The molecule has 0 spiro atoms. The molecule has 1 heterocycles. The van der Waals surface area contributed by atoms with E-state index >= 15 is 0 Å². The largest absolute Gasteiger partial charge is 0.494 e. The van der Waals surface area contributed by atoms with E-state index in [-0.39, 0.29) is 23.1 Å². The number of aromatic amines is 1. The van der Waals surface area contributed by atoms with Crippen molar-refractivity contribution in [3.63, 3.8) is 0 Å². The summed E-state index contributed by atoms with van der Waals surface area (Å²) in [4.78, 5) is 27.5. The molecule has 1 amide bonds. The van der Waals surface area contributed by atoms with Gasteiger partial charge in [0.05, 0.1) is 12.6 Å². The van der Waals surface area contributed by atoms with Crippen LogP contribution in [-0.2, 0) is 12.8 Å². The number of aryl methyl sites for hydroxylation is 2. The van der Waals surface area contributed by atoms with Gasteiger partial charge in [0.25, 0.3) is 11.5 Å². The first-order valence-electron chi connectivity index (χ1n) is 8.37. The molecular weight excluding hydrogens is 304 g/mol. The van der Waals surface area contributed by atoms with Crippen molar-refractivity contribution in [2.45, 2.75) is 39.2 Å². The van der Waals surface area contributed by atoms with Crippen molar-refractivity contribution in [3.05, 3.63) is 63.1 Å². The van der Waals surface area contributed by atoms with Crippen molar-refractivity contribution in [1.82, 2.24) is 10.3 Å². The molecule has 1 aliphatic carbocycles. The van der Waals surface area contributed by atoms with E-state index < -0.39 is 0 Å². The van der Waals surface area contributed by atoms with Crippen LogP contribution in [0.15, 0.2) is 35.1 Å². The van der Waals surface area contributed by atoms with Gasteiger partial charge < -0.3 is 15.0 Å². The maximum Gasteiger partial charge on any atom is 0.261 e. The molecule has 0 unspecified atom stereocenters. The molecular formula is C19H22N2O3. The Kier molecular flexibility index (Phi) is 4.69. The summed E-state index contributed by atoms with van der Waals surface area (Å²) in [6.07, 6.45) is 2.82. The maximum atomic E-state index is 12.5. The Morgan fingerprint density at radius 2 is 2.17 bits per heavy atom. The molecule has 5 heteroatoms. The van der Waals surface area contributed by atoms with Crippen LogP contribution >= 0.6 is 0 Å². The zero-order valence-corrected chi connectivity index (χ0v) is 14.0.